The third-order valence-corrected chi connectivity index (χ3v) is 7.49. The first-order valence-corrected chi connectivity index (χ1v) is 13.7. The fourth-order valence-electron chi connectivity index (χ4n) is 3.57. The number of nitriles is 1. The van der Waals surface area contributed by atoms with Crippen LogP contribution in [0.4, 0.5) is 20.3 Å². The highest BCUT2D eigenvalue weighted by Crippen LogP contribution is 2.43. The zero-order chi connectivity index (χ0) is 27.8. The second-order valence-electron chi connectivity index (χ2n) is 7.90. The summed E-state index contributed by atoms with van der Waals surface area (Å²) in [6, 6.07) is 16.1. The molecule has 0 aliphatic carbocycles. The lowest BCUT2D eigenvalue weighted by Gasteiger charge is -2.16. The van der Waals surface area contributed by atoms with E-state index in [1.165, 1.54) is 23.1 Å². The molecule has 0 spiro atoms. The molecule has 2 N–H and O–H groups in total. The number of anilines is 1. The molecule has 39 heavy (non-hydrogen) atoms. The van der Waals surface area contributed by atoms with Crippen LogP contribution in [0.2, 0.25) is 5.02 Å². The van der Waals surface area contributed by atoms with Crippen LogP contribution in [0.15, 0.2) is 58.9 Å². The highest BCUT2D eigenvalue weighted by molar-refractivity contribution is 7.98. The Labute approximate surface area is 236 Å². The van der Waals surface area contributed by atoms with E-state index >= 15 is 0 Å². The van der Waals surface area contributed by atoms with Gasteiger partial charge in [-0.2, -0.15) is 5.26 Å². The molecule has 4 rings (SSSR count). The van der Waals surface area contributed by atoms with Crippen LogP contribution in [0.3, 0.4) is 0 Å². The number of ether oxygens (including phenoxy) is 1. The Kier molecular flexibility index (Phi) is 9.69. The fraction of sp³-hybridized carbons (Fsp3) is 0.185. The van der Waals surface area contributed by atoms with E-state index in [9.17, 15) is 14.0 Å². The van der Waals surface area contributed by atoms with Gasteiger partial charge >= 0.3 is 0 Å². The second kappa shape index (κ2) is 13.4. The van der Waals surface area contributed by atoms with E-state index in [-0.39, 0.29) is 35.8 Å². The van der Waals surface area contributed by atoms with Gasteiger partial charge < -0.3 is 15.2 Å². The van der Waals surface area contributed by atoms with Crippen molar-refractivity contribution in [2.45, 2.75) is 17.2 Å². The number of thioether (sulfide) groups is 1. The van der Waals surface area contributed by atoms with Gasteiger partial charge in [-0.15, -0.1) is 11.3 Å². The molecule has 0 fully saturated rings. The lowest BCUT2D eigenvalue weighted by Crippen LogP contribution is -2.12. The predicted molar refractivity (Wildman–Crippen MR) is 150 cm³/mol. The quantitative estimate of drug-likeness (QED) is 0.141. The van der Waals surface area contributed by atoms with Crippen molar-refractivity contribution in [3.63, 3.8) is 0 Å². The monoisotopic (exact) mass is 583 g/mol. The van der Waals surface area contributed by atoms with Gasteiger partial charge in [-0.05, 0) is 29.8 Å². The molecule has 0 saturated carbocycles. The first-order valence-electron chi connectivity index (χ1n) is 11.5. The molecule has 2 aromatic heterocycles. The Morgan fingerprint density at radius 3 is 2.51 bits per heavy atom. The average Bonchev–Trinajstić information content (AvgIpc) is 3.43. The average molecular weight is 584 g/mol. The van der Waals surface area contributed by atoms with E-state index in [2.05, 4.69) is 26.2 Å². The molecule has 12 heteroatoms. The summed E-state index contributed by atoms with van der Waals surface area (Å²) in [6.07, 6.45) is -2.66. The summed E-state index contributed by atoms with van der Waals surface area (Å²) in [5, 5.41) is 25.3. The van der Waals surface area contributed by atoms with E-state index in [0.29, 0.717) is 27.1 Å². The third-order valence-electron chi connectivity index (χ3n) is 5.29. The lowest BCUT2D eigenvalue weighted by atomic mass is 9.99. The number of rotatable bonds is 11. The summed E-state index contributed by atoms with van der Waals surface area (Å²) in [5.74, 6) is 0.836. The Morgan fingerprint density at radius 1 is 1.15 bits per heavy atom. The van der Waals surface area contributed by atoms with Crippen LogP contribution >= 0.6 is 34.7 Å². The maximum Gasteiger partial charge on any atom is 0.255 e. The van der Waals surface area contributed by atoms with Gasteiger partial charge in [0.1, 0.15) is 34.3 Å². The highest BCUT2D eigenvalue weighted by Gasteiger charge is 2.23. The van der Waals surface area contributed by atoms with Crippen molar-refractivity contribution in [2.24, 2.45) is 0 Å². The number of pyridine rings is 1. The van der Waals surface area contributed by atoms with Crippen LogP contribution in [-0.2, 0) is 5.75 Å². The van der Waals surface area contributed by atoms with Gasteiger partial charge in [0.2, 0.25) is 5.69 Å². The minimum absolute atomic E-state index is 0.0254. The molecule has 0 amide bonds. The standard InChI is InChI=1S/C27H20ClF2N5O2S2/c1-32-24-23(16-4-8-20(9-5-16)37-11-10-36)21(12-31)27(35-25(24)33-13-22(29)30)39-15-19-14-38-26(34-19)17-2-6-18(28)7-3-17/h2-9,14,22,36H,10-11,13,15H2,(H,33,35). The summed E-state index contributed by atoms with van der Waals surface area (Å²) in [6.45, 7) is 7.01. The number of aromatic nitrogens is 2. The van der Waals surface area contributed by atoms with Gasteiger partial charge in [0, 0.05) is 27.3 Å². The van der Waals surface area contributed by atoms with E-state index in [1.54, 1.807) is 36.4 Å². The number of nitrogens with zero attached hydrogens (tertiary/aromatic N) is 4. The Bertz CT molecular complexity index is 1520. The van der Waals surface area contributed by atoms with Crippen LogP contribution in [0.5, 0.6) is 5.75 Å². The van der Waals surface area contributed by atoms with Gasteiger partial charge in [0.05, 0.1) is 31.0 Å². The van der Waals surface area contributed by atoms with Crippen LogP contribution in [0, 0.1) is 17.9 Å². The van der Waals surface area contributed by atoms with Crippen molar-refractivity contribution < 1.29 is 18.6 Å². The first-order chi connectivity index (χ1) is 18.9. The van der Waals surface area contributed by atoms with Crippen LogP contribution < -0.4 is 10.1 Å². The third kappa shape index (κ3) is 7.02. The Hall–Kier alpha value is -3.74. The summed E-state index contributed by atoms with van der Waals surface area (Å²) in [4.78, 5) is 12.6. The van der Waals surface area contributed by atoms with Crippen molar-refractivity contribution in [3.8, 4) is 33.5 Å². The van der Waals surface area contributed by atoms with Crippen molar-refractivity contribution in [1.29, 1.82) is 5.26 Å². The molecule has 0 atom stereocenters. The number of aliphatic hydroxyl groups excluding tert-OH is 1. The largest absolute Gasteiger partial charge is 0.491 e. The minimum atomic E-state index is -2.66. The molecule has 0 unspecified atom stereocenters. The fourth-order valence-corrected chi connectivity index (χ4v) is 5.51. The summed E-state index contributed by atoms with van der Waals surface area (Å²) < 4.78 is 31.5. The minimum Gasteiger partial charge on any atom is -0.491 e. The molecule has 4 aromatic rings. The number of hydrogen-bond donors (Lipinski definition) is 2. The van der Waals surface area contributed by atoms with Crippen LogP contribution in [0.25, 0.3) is 26.5 Å². The summed E-state index contributed by atoms with van der Waals surface area (Å²) in [5.41, 5.74) is 2.62. The lowest BCUT2D eigenvalue weighted by molar-refractivity contribution is 0.163. The zero-order valence-electron chi connectivity index (χ0n) is 20.2. The second-order valence-corrected chi connectivity index (χ2v) is 10.2. The molecule has 0 saturated heterocycles. The van der Waals surface area contributed by atoms with Crippen LogP contribution in [-0.4, -0.2) is 41.3 Å². The Balaban J connectivity index is 1.70. The number of nitrogens with one attached hydrogen (secondary N) is 1. The van der Waals surface area contributed by atoms with Gasteiger partial charge in [0.15, 0.2) is 0 Å². The smallest absolute Gasteiger partial charge is 0.255 e. The number of alkyl halides is 2. The first kappa shape index (κ1) is 28.3. The molecule has 0 aliphatic heterocycles. The predicted octanol–water partition coefficient (Wildman–Crippen LogP) is 7.29. The van der Waals surface area contributed by atoms with Gasteiger partial charge in [0.25, 0.3) is 6.43 Å². The van der Waals surface area contributed by atoms with Crippen molar-refractivity contribution in [1.82, 2.24) is 9.97 Å². The van der Waals surface area contributed by atoms with Gasteiger partial charge in [-0.3, -0.25) is 0 Å². The van der Waals surface area contributed by atoms with Crippen molar-refractivity contribution >= 4 is 46.2 Å². The number of thiazole rings is 1. The maximum atomic E-state index is 13.0. The van der Waals surface area contributed by atoms with Crippen molar-refractivity contribution in [2.75, 3.05) is 25.1 Å². The molecular formula is C27H20ClF2N5O2S2. The summed E-state index contributed by atoms with van der Waals surface area (Å²) in [7, 11) is 0. The topological polar surface area (TPSA) is 95.4 Å². The van der Waals surface area contributed by atoms with E-state index in [0.717, 1.165) is 16.3 Å². The maximum absolute atomic E-state index is 13.0. The number of benzene rings is 2. The van der Waals surface area contributed by atoms with E-state index in [4.69, 9.17) is 28.0 Å². The number of hydrogen-bond acceptors (Lipinski definition) is 8. The highest BCUT2D eigenvalue weighted by atomic mass is 35.5. The molecule has 0 aliphatic rings. The zero-order valence-corrected chi connectivity index (χ0v) is 22.6. The molecule has 198 valence electrons. The van der Waals surface area contributed by atoms with Gasteiger partial charge in [-0.1, -0.05) is 47.6 Å². The molecule has 2 aromatic carbocycles. The summed E-state index contributed by atoms with van der Waals surface area (Å²) >= 11 is 8.67. The van der Waals surface area contributed by atoms with Crippen molar-refractivity contribution in [3.05, 3.63) is 81.6 Å². The molecule has 7 nitrogen and oxygen atoms in total. The van der Waals surface area contributed by atoms with Crippen LogP contribution in [0.1, 0.15) is 11.3 Å². The number of aliphatic hydroxyl groups is 1. The Morgan fingerprint density at radius 2 is 1.87 bits per heavy atom. The SMILES string of the molecule is [C-]#[N+]c1c(NCC(F)F)nc(SCc2csc(-c3ccc(Cl)cc3)n2)c(C#N)c1-c1ccc(OCCO)cc1. The molecule has 2 heterocycles. The molecule has 0 radical (unpaired) electrons. The van der Waals surface area contributed by atoms with E-state index in [1.807, 2.05) is 17.5 Å². The van der Waals surface area contributed by atoms with Gasteiger partial charge in [-0.25, -0.2) is 23.6 Å². The molecule has 0 bridgehead atoms. The normalized spacial score (nSPS) is 10.7. The molecular weight excluding hydrogens is 564 g/mol. The number of halogens is 3. The van der Waals surface area contributed by atoms with E-state index < -0.39 is 13.0 Å².